The van der Waals surface area contributed by atoms with Gasteiger partial charge < -0.3 is 5.32 Å². The van der Waals surface area contributed by atoms with Crippen LogP contribution in [0.25, 0.3) is 17.0 Å². The van der Waals surface area contributed by atoms with Crippen LogP contribution in [0.1, 0.15) is 0 Å². The fraction of sp³-hybridized carbons (Fsp3) is 0.0556. The van der Waals surface area contributed by atoms with Gasteiger partial charge in [-0.3, -0.25) is 9.78 Å². The van der Waals surface area contributed by atoms with Crippen LogP contribution in [0.3, 0.4) is 0 Å². The maximum Gasteiger partial charge on any atom is 0.234 e. The third-order valence-electron chi connectivity index (χ3n) is 3.64. The minimum absolute atomic E-state index is 0.0968. The standard InChI is InChI=1S/C18H13BrN6OS/c19-13-3-5-14(6-4-13)21-16(26)11-27-17-8-7-15-22-23-18(25(15)24-17)12-2-1-9-20-10-12/h1-10H,11H2,(H,21,26). The summed E-state index contributed by atoms with van der Waals surface area (Å²) in [5.74, 6) is 0.763. The Morgan fingerprint density at radius 2 is 1.96 bits per heavy atom. The SMILES string of the molecule is O=C(CSc1ccc2nnc(-c3cccnc3)n2n1)Nc1ccc(Br)cc1. The predicted octanol–water partition coefficient (Wildman–Crippen LogP) is 3.68. The number of benzene rings is 1. The molecule has 1 N–H and O–H groups in total. The average Bonchev–Trinajstić information content (AvgIpc) is 3.12. The molecular weight excluding hydrogens is 428 g/mol. The van der Waals surface area contributed by atoms with E-state index in [-0.39, 0.29) is 11.7 Å². The number of hydrogen-bond acceptors (Lipinski definition) is 6. The summed E-state index contributed by atoms with van der Waals surface area (Å²) >= 11 is 4.72. The Balaban J connectivity index is 1.47. The lowest BCUT2D eigenvalue weighted by Crippen LogP contribution is -2.14. The third kappa shape index (κ3) is 4.15. The number of halogens is 1. The Bertz CT molecular complexity index is 1080. The summed E-state index contributed by atoms with van der Waals surface area (Å²) in [5, 5.41) is 16.4. The topological polar surface area (TPSA) is 85.1 Å². The molecule has 0 aliphatic carbocycles. The van der Waals surface area contributed by atoms with E-state index in [9.17, 15) is 4.79 Å². The second-order valence-electron chi connectivity index (χ2n) is 5.55. The number of thioether (sulfide) groups is 1. The van der Waals surface area contributed by atoms with E-state index < -0.39 is 0 Å². The largest absolute Gasteiger partial charge is 0.325 e. The molecule has 0 atom stereocenters. The van der Waals surface area contributed by atoms with Crippen molar-refractivity contribution >= 4 is 44.9 Å². The highest BCUT2D eigenvalue weighted by molar-refractivity contribution is 9.10. The molecule has 3 heterocycles. The number of fused-ring (bicyclic) bond motifs is 1. The molecule has 0 spiro atoms. The molecule has 0 radical (unpaired) electrons. The summed E-state index contributed by atoms with van der Waals surface area (Å²) in [4.78, 5) is 16.3. The Hall–Kier alpha value is -2.78. The van der Waals surface area contributed by atoms with Crippen LogP contribution in [0.5, 0.6) is 0 Å². The molecule has 4 rings (SSSR count). The first-order valence-electron chi connectivity index (χ1n) is 8.00. The van der Waals surface area contributed by atoms with Crippen LogP contribution < -0.4 is 5.32 Å². The summed E-state index contributed by atoms with van der Waals surface area (Å²) in [5.41, 5.74) is 2.22. The quantitative estimate of drug-likeness (QED) is 0.476. The first-order chi connectivity index (χ1) is 13.2. The Kier molecular flexibility index (Phi) is 5.12. The second kappa shape index (κ2) is 7.85. The fourth-order valence-electron chi connectivity index (χ4n) is 2.39. The number of carbonyl (C=O) groups is 1. The van der Waals surface area contributed by atoms with Crippen molar-refractivity contribution in [3.63, 3.8) is 0 Å². The van der Waals surface area contributed by atoms with Crippen LogP contribution in [0.15, 0.2) is 70.4 Å². The van der Waals surface area contributed by atoms with E-state index in [0.29, 0.717) is 16.5 Å². The van der Waals surface area contributed by atoms with E-state index >= 15 is 0 Å². The number of nitrogens with zero attached hydrogens (tertiary/aromatic N) is 5. The zero-order valence-corrected chi connectivity index (χ0v) is 16.3. The lowest BCUT2D eigenvalue weighted by molar-refractivity contribution is -0.113. The van der Waals surface area contributed by atoms with Gasteiger partial charge in [-0.25, -0.2) is 0 Å². The number of rotatable bonds is 5. The molecule has 4 aromatic rings. The van der Waals surface area contributed by atoms with Crippen LogP contribution in [-0.4, -0.2) is 36.5 Å². The van der Waals surface area contributed by atoms with E-state index in [1.54, 1.807) is 16.9 Å². The van der Waals surface area contributed by atoms with Crippen LogP contribution in [-0.2, 0) is 4.79 Å². The van der Waals surface area contributed by atoms with E-state index in [0.717, 1.165) is 15.7 Å². The van der Waals surface area contributed by atoms with E-state index in [4.69, 9.17) is 0 Å². The first kappa shape index (κ1) is 17.6. The number of carbonyl (C=O) groups excluding carboxylic acids is 1. The van der Waals surface area contributed by atoms with Gasteiger partial charge in [-0.15, -0.1) is 10.2 Å². The molecule has 1 amide bonds. The third-order valence-corrected chi connectivity index (χ3v) is 5.09. The van der Waals surface area contributed by atoms with Crippen molar-refractivity contribution in [1.29, 1.82) is 0 Å². The highest BCUT2D eigenvalue weighted by Gasteiger charge is 2.11. The zero-order chi connectivity index (χ0) is 18.6. The van der Waals surface area contributed by atoms with Crippen molar-refractivity contribution in [2.24, 2.45) is 0 Å². The van der Waals surface area contributed by atoms with Crippen molar-refractivity contribution in [3.05, 3.63) is 65.4 Å². The molecule has 0 saturated heterocycles. The van der Waals surface area contributed by atoms with Crippen LogP contribution in [0, 0.1) is 0 Å². The first-order valence-corrected chi connectivity index (χ1v) is 9.78. The summed E-state index contributed by atoms with van der Waals surface area (Å²) in [6.07, 6.45) is 3.41. The summed E-state index contributed by atoms with van der Waals surface area (Å²) in [7, 11) is 0. The van der Waals surface area contributed by atoms with Gasteiger partial charge in [-0.05, 0) is 48.5 Å². The molecule has 0 bridgehead atoms. The van der Waals surface area contributed by atoms with Gasteiger partial charge in [-0.1, -0.05) is 27.7 Å². The van der Waals surface area contributed by atoms with Crippen LogP contribution >= 0.6 is 27.7 Å². The number of anilines is 1. The monoisotopic (exact) mass is 440 g/mol. The maximum atomic E-state index is 12.2. The van der Waals surface area contributed by atoms with Gasteiger partial charge in [0.25, 0.3) is 0 Å². The van der Waals surface area contributed by atoms with Gasteiger partial charge in [0, 0.05) is 28.1 Å². The lowest BCUT2D eigenvalue weighted by atomic mass is 10.3. The van der Waals surface area contributed by atoms with Crippen LogP contribution in [0.2, 0.25) is 0 Å². The van der Waals surface area contributed by atoms with Crippen molar-refractivity contribution in [2.75, 3.05) is 11.1 Å². The maximum absolute atomic E-state index is 12.2. The molecule has 0 saturated carbocycles. The number of hydrogen-bond donors (Lipinski definition) is 1. The highest BCUT2D eigenvalue weighted by atomic mass is 79.9. The second-order valence-corrected chi connectivity index (χ2v) is 7.46. The Labute approximate surface area is 167 Å². The summed E-state index contributed by atoms with van der Waals surface area (Å²) in [6.45, 7) is 0. The molecule has 134 valence electrons. The molecule has 0 unspecified atom stereocenters. The van der Waals surface area contributed by atoms with E-state index in [1.807, 2.05) is 48.5 Å². The molecule has 1 aromatic carbocycles. The molecule has 0 aliphatic heterocycles. The molecule has 27 heavy (non-hydrogen) atoms. The molecule has 7 nitrogen and oxygen atoms in total. The molecule has 3 aromatic heterocycles. The number of amides is 1. The smallest absolute Gasteiger partial charge is 0.234 e. The number of nitrogens with one attached hydrogen (secondary N) is 1. The molecule has 9 heteroatoms. The Morgan fingerprint density at radius 1 is 1.11 bits per heavy atom. The summed E-state index contributed by atoms with van der Waals surface area (Å²) in [6, 6.07) is 14.8. The molecule has 0 aliphatic rings. The van der Waals surface area contributed by atoms with Crippen molar-refractivity contribution < 1.29 is 4.79 Å². The van der Waals surface area contributed by atoms with Crippen LogP contribution in [0.4, 0.5) is 5.69 Å². The molecule has 0 fully saturated rings. The average molecular weight is 441 g/mol. The van der Waals surface area contributed by atoms with Gasteiger partial charge in [0.15, 0.2) is 11.5 Å². The molecular formula is C18H13BrN6OS. The van der Waals surface area contributed by atoms with Gasteiger partial charge in [-0.2, -0.15) is 9.61 Å². The van der Waals surface area contributed by atoms with Crippen molar-refractivity contribution in [2.45, 2.75) is 5.03 Å². The van der Waals surface area contributed by atoms with Gasteiger partial charge >= 0.3 is 0 Å². The Morgan fingerprint density at radius 3 is 2.74 bits per heavy atom. The van der Waals surface area contributed by atoms with Gasteiger partial charge in [0.1, 0.15) is 5.03 Å². The van der Waals surface area contributed by atoms with Crippen molar-refractivity contribution in [1.82, 2.24) is 24.8 Å². The minimum Gasteiger partial charge on any atom is -0.325 e. The van der Waals surface area contributed by atoms with Crippen molar-refractivity contribution in [3.8, 4) is 11.4 Å². The number of pyridine rings is 1. The highest BCUT2D eigenvalue weighted by Crippen LogP contribution is 2.20. The summed E-state index contributed by atoms with van der Waals surface area (Å²) < 4.78 is 2.62. The lowest BCUT2D eigenvalue weighted by Gasteiger charge is -2.05. The predicted molar refractivity (Wildman–Crippen MR) is 108 cm³/mol. The van der Waals surface area contributed by atoms with Gasteiger partial charge in [0.05, 0.1) is 5.75 Å². The number of aromatic nitrogens is 5. The minimum atomic E-state index is -0.0968. The zero-order valence-electron chi connectivity index (χ0n) is 13.9. The normalized spacial score (nSPS) is 10.9. The van der Waals surface area contributed by atoms with Gasteiger partial charge in [0.2, 0.25) is 5.91 Å². The fourth-order valence-corrected chi connectivity index (χ4v) is 3.31. The van der Waals surface area contributed by atoms with E-state index in [1.165, 1.54) is 11.8 Å². The van der Waals surface area contributed by atoms with E-state index in [2.05, 4.69) is 41.5 Å².